The highest BCUT2D eigenvalue weighted by molar-refractivity contribution is 5.79. The van der Waals surface area contributed by atoms with E-state index in [-0.39, 0.29) is 11.8 Å². The zero-order valence-corrected chi connectivity index (χ0v) is 10.3. The Morgan fingerprint density at radius 3 is 2.56 bits per heavy atom. The molecule has 0 radical (unpaired) electrons. The molecule has 0 bridgehead atoms. The number of rotatable bonds is 2. The smallest absolute Gasteiger partial charge is 0.224 e. The monoisotopic (exact) mass is 225 g/mol. The van der Waals surface area contributed by atoms with Gasteiger partial charge in [0.05, 0.1) is 5.92 Å². The van der Waals surface area contributed by atoms with Crippen LogP contribution < -0.4 is 10.6 Å². The molecule has 2 aliphatic rings. The van der Waals surface area contributed by atoms with Crippen LogP contribution in [0.25, 0.3) is 0 Å². The van der Waals surface area contributed by atoms with Crippen LogP contribution in [0.3, 0.4) is 0 Å². The molecule has 16 heavy (non-hydrogen) atoms. The maximum absolute atomic E-state index is 12.0. The minimum atomic E-state index is 0.180. The molecular formula is C12H23N3O. The third kappa shape index (κ3) is 2.74. The van der Waals surface area contributed by atoms with Crippen molar-refractivity contribution in [2.24, 2.45) is 11.8 Å². The Bertz CT molecular complexity index is 249. The average Bonchev–Trinajstić information content (AvgIpc) is 2.68. The first-order chi connectivity index (χ1) is 7.66. The molecule has 2 fully saturated rings. The van der Waals surface area contributed by atoms with E-state index >= 15 is 0 Å². The zero-order valence-electron chi connectivity index (χ0n) is 10.3. The molecule has 0 spiro atoms. The van der Waals surface area contributed by atoms with Crippen LogP contribution in [0.2, 0.25) is 0 Å². The van der Waals surface area contributed by atoms with Crippen molar-refractivity contribution in [1.29, 1.82) is 0 Å². The van der Waals surface area contributed by atoms with Gasteiger partial charge in [-0.15, -0.1) is 0 Å². The molecule has 92 valence electrons. The van der Waals surface area contributed by atoms with Crippen LogP contribution in [-0.2, 0) is 4.79 Å². The van der Waals surface area contributed by atoms with Crippen molar-refractivity contribution in [2.75, 3.05) is 33.2 Å². The first-order valence-electron chi connectivity index (χ1n) is 6.36. The standard InChI is InChI=1S/C12H23N3O/c1-9-7-13-8-11(9)12(16)14-10-3-5-15(2)6-4-10/h9-11,13H,3-8H2,1-2H3,(H,14,16)/t9-,11-/m1/s1. The average molecular weight is 225 g/mol. The lowest BCUT2D eigenvalue weighted by Crippen LogP contribution is -2.46. The van der Waals surface area contributed by atoms with E-state index in [1.807, 2.05) is 0 Å². The summed E-state index contributed by atoms with van der Waals surface area (Å²) >= 11 is 0. The minimum Gasteiger partial charge on any atom is -0.353 e. The Balaban J connectivity index is 1.78. The van der Waals surface area contributed by atoms with Crippen molar-refractivity contribution in [2.45, 2.75) is 25.8 Å². The molecule has 2 aliphatic heterocycles. The van der Waals surface area contributed by atoms with E-state index in [1.54, 1.807) is 0 Å². The van der Waals surface area contributed by atoms with E-state index < -0.39 is 0 Å². The predicted octanol–water partition coefficient (Wildman–Crippen LogP) is 0.0523. The van der Waals surface area contributed by atoms with Crippen LogP contribution in [0.1, 0.15) is 19.8 Å². The van der Waals surface area contributed by atoms with Gasteiger partial charge in [0.2, 0.25) is 5.91 Å². The fraction of sp³-hybridized carbons (Fsp3) is 0.917. The summed E-state index contributed by atoms with van der Waals surface area (Å²) in [4.78, 5) is 14.4. The van der Waals surface area contributed by atoms with Crippen LogP contribution in [0.4, 0.5) is 0 Å². The predicted molar refractivity (Wildman–Crippen MR) is 64.2 cm³/mol. The van der Waals surface area contributed by atoms with Crippen molar-refractivity contribution in [1.82, 2.24) is 15.5 Å². The van der Waals surface area contributed by atoms with Crippen LogP contribution in [0, 0.1) is 11.8 Å². The van der Waals surface area contributed by atoms with E-state index in [4.69, 9.17) is 0 Å². The Kier molecular flexibility index (Phi) is 3.82. The maximum Gasteiger partial charge on any atom is 0.224 e. The lowest BCUT2D eigenvalue weighted by atomic mass is 9.96. The van der Waals surface area contributed by atoms with Gasteiger partial charge in [0.1, 0.15) is 0 Å². The summed E-state index contributed by atoms with van der Waals surface area (Å²) in [6.07, 6.45) is 2.19. The van der Waals surface area contributed by atoms with E-state index in [1.165, 1.54) is 0 Å². The molecule has 2 saturated heterocycles. The fourth-order valence-corrected chi connectivity index (χ4v) is 2.62. The van der Waals surface area contributed by atoms with Crippen molar-refractivity contribution in [3.8, 4) is 0 Å². The maximum atomic E-state index is 12.0. The van der Waals surface area contributed by atoms with Gasteiger partial charge in [0.15, 0.2) is 0 Å². The summed E-state index contributed by atoms with van der Waals surface area (Å²) in [5.41, 5.74) is 0. The number of hydrogen-bond acceptors (Lipinski definition) is 3. The van der Waals surface area contributed by atoms with Gasteiger partial charge in [-0.25, -0.2) is 0 Å². The van der Waals surface area contributed by atoms with Gasteiger partial charge in [-0.1, -0.05) is 6.92 Å². The molecular weight excluding hydrogens is 202 g/mol. The second-order valence-corrected chi connectivity index (χ2v) is 5.33. The molecule has 2 N–H and O–H groups in total. The number of carbonyl (C=O) groups is 1. The van der Waals surface area contributed by atoms with Gasteiger partial charge in [-0.2, -0.15) is 0 Å². The quantitative estimate of drug-likeness (QED) is 0.698. The summed E-state index contributed by atoms with van der Waals surface area (Å²) in [5, 5.41) is 6.48. The van der Waals surface area contributed by atoms with E-state index in [0.29, 0.717) is 12.0 Å². The highest BCUT2D eigenvalue weighted by Crippen LogP contribution is 2.17. The number of hydrogen-bond donors (Lipinski definition) is 2. The molecule has 0 aliphatic carbocycles. The largest absolute Gasteiger partial charge is 0.353 e. The first kappa shape index (κ1) is 11.9. The highest BCUT2D eigenvalue weighted by atomic mass is 16.2. The van der Waals surface area contributed by atoms with Gasteiger partial charge in [0.25, 0.3) is 0 Å². The first-order valence-corrected chi connectivity index (χ1v) is 6.36. The Hall–Kier alpha value is -0.610. The molecule has 4 nitrogen and oxygen atoms in total. The summed E-state index contributed by atoms with van der Waals surface area (Å²) in [7, 11) is 2.14. The Morgan fingerprint density at radius 1 is 1.31 bits per heavy atom. The lowest BCUT2D eigenvalue weighted by molar-refractivity contribution is -0.126. The van der Waals surface area contributed by atoms with Crippen LogP contribution in [0.5, 0.6) is 0 Å². The third-order valence-electron chi connectivity index (χ3n) is 3.92. The number of amides is 1. The van der Waals surface area contributed by atoms with E-state index in [9.17, 15) is 4.79 Å². The van der Waals surface area contributed by atoms with E-state index in [2.05, 4.69) is 29.5 Å². The Morgan fingerprint density at radius 2 is 2.00 bits per heavy atom. The van der Waals surface area contributed by atoms with Gasteiger partial charge in [-0.3, -0.25) is 4.79 Å². The second kappa shape index (κ2) is 5.15. The number of nitrogens with one attached hydrogen (secondary N) is 2. The van der Waals surface area contributed by atoms with Gasteiger partial charge < -0.3 is 15.5 Å². The molecule has 2 atom stereocenters. The van der Waals surface area contributed by atoms with Crippen molar-refractivity contribution in [3.63, 3.8) is 0 Å². The number of carbonyl (C=O) groups excluding carboxylic acids is 1. The SMILES string of the molecule is C[C@@H]1CNC[C@H]1C(=O)NC1CCN(C)CC1. The molecule has 2 rings (SSSR count). The third-order valence-corrected chi connectivity index (χ3v) is 3.92. The molecule has 0 saturated carbocycles. The van der Waals surface area contributed by atoms with Gasteiger partial charge >= 0.3 is 0 Å². The molecule has 0 unspecified atom stereocenters. The summed E-state index contributed by atoms with van der Waals surface area (Å²) in [5.74, 6) is 0.915. The topological polar surface area (TPSA) is 44.4 Å². The number of likely N-dealkylation sites (tertiary alicyclic amines) is 1. The second-order valence-electron chi connectivity index (χ2n) is 5.33. The van der Waals surface area contributed by atoms with Crippen molar-refractivity contribution >= 4 is 5.91 Å². The number of nitrogens with zero attached hydrogens (tertiary/aromatic N) is 1. The van der Waals surface area contributed by atoms with Crippen LogP contribution >= 0.6 is 0 Å². The Labute approximate surface area is 97.8 Å². The van der Waals surface area contributed by atoms with Crippen LogP contribution in [-0.4, -0.2) is 50.1 Å². The van der Waals surface area contributed by atoms with E-state index in [0.717, 1.165) is 39.0 Å². The summed E-state index contributed by atoms with van der Waals surface area (Å²) in [6.45, 7) is 6.18. The molecule has 2 heterocycles. The number of piperidine rings is 1. The molecule has 1 amide bonds. The van der Waals surface area contributed by atoms with Gasteiger partial charge in [0, 0.05) is 12.6 Å². The van der Waals surface area contributed by atoms with Crippen molar-refractivity contribution < 1.29 is 4.79 Å². The molecule has 4 heteroatoms. The molecule has 0 aromatic carbocycles. The van der Waals surface area contributed by atoms with Crippen LogP contribution in [0.15, 0.2) is 0 Å². The lowest BCUT2D eigenvalue weighted by Gasteiger charge is -2.30. The van der Waals surface area contributed by atoms with Crippen molar-refractivity contribution in [3.05, 3.63) is 0 Å². The normalized spacial score (nSPS) is 32.9. The molecule has 0 aromatic heterocycles. The van der Waals surface area contributed by atoms with Gasteiger partial charge in [-0.05, 0) is 45.4 Å². The highest BCUT2D eigenvalue weighted by Gasteiger charge is 2.31. The fourth-order valence-electron chi connectivity index (χ4n) is 2.62. The minimum absolute atomic E-state index is 0.180. The summed E-state index contributed by atoms with van der Waals surface area (Å²) in [6, 6.07) is 0.400. The summed E-state index contributed by atoms with van der Waals surface area (Å²) < 4.78 is 0. The molecule has 0 aromatic rings. The zero-order chi connectivity index (χ0) is 11.5.